The lowest BCUT2D eigenvalue weighted by Crippen LogP contribution is -2.41. The second-order valence-corrected chi connectivity index (χ2v) is 12.3. The van der Waals surface area contributed by atoms with Crippen molar-refractivity contribution in [1.82, 2.24) is 5.32 Å². The lowest BCUT2D eigenvalue weighted by molar-refractivity contribution is -0.120. The molecule has 0 aromatic heterocycles. The van der Waals surface area contributed by atoms with Crippen molar-refractivity contribution < 1.29 is 21.6 Å². The Hall–Kier alpha value is -2.59. The zero-order valence-corrected chi connectivity index (χ0v) is 21.4. The minimum absolute atomic E-state index is 0.00164. The number of hydrogen-bond donors (Lipinski definition) is 1. The summed E-state index contributed by atoms with van der Waals surface area (Å²) in [7, 11) is -7.48. The molecule has 1 N–H and O–H groups in total. The van der Waals surface area contributed by atoms with Crippen LogP contribution in [0.5, 0.6) is 0 Å². The topological polar surface area (TPSA) is 101 Å². The van der Waals surface area contributed by atoms with Gasteiger partial charge < -0.3 is 5.32 Å². The highest BCUT2D eigenvalue weighted by atomic mass is 35.5. The van der Waals surface area contributed by atoms with E-state index in [0.717, 1.165) is 10.6 Å². The van der Waals surface area contributed by atoms with Crippen LogP contribution in [0.25, 0.3) is 0 Å². The molecule has 0 bridgehead atoms. The number of hydrogen-bond acceptors (Lipinski definition) is 5. The van der Waals surface area contributed by atoms with Crippen molar-refractivity contribution in [2.45, 2.75) is 22.8 Å². The minimum atomic E-state index is -4.13. The SMILES string of the molecule is C[C@@H](NC(=O)CN(c1ccc(Cl)cc1Cl)S(=O)(=O)c1ccccc1)c1ccc(S(C)(=O)=O)cc1. The van der Waals surface area contributed by atoms with Crippen LogP contribution in [0.4, 0.5) is 5.69 Å². The molecule has 0 unspecified atom stereocenters. The number of nitrogens with one attached hydrogen (secondary N) is 1. The van der Waals surface area contributed by atoms with Gasteiger partial charge in [-0.1, -0.05) is 53.5 Å². The van der Waals surface area contributed by atoms with Gasteiger partial charge in [0.2, 0.25) is 5.91 Å². The second kappa shape index (κ2) is 10.4. The number of halogens is 2. The second-order valence-electron chi connectivity index (χ2n) is 7.55. The van der Waals surface area contributed by atoms with E-state index in [9.17, 15) is 21.6 Å². The van der Waals surface area contributed by atoms with Gasteiger partial charge in [-0.3, -0.25) is 9.10 Å². The first-order chi connectivity index (χ1) is 15.9. The Bertz CT molecular complexity index is 1400. The number of carbonyl (C=O) groups excluding carboxylic acids is 1. The van der Waals surface area contributed by atoms with E-state index in [4.69, 9.17) is 23.2 Å². The summed E-state index contributed by atoms with van der Waals surface area (Å²) in [6.45, 7) is 1.17. The molecule has 0 aliphatic carbocycles. The number of carbonyl (C=O) groups is 1. The summed E-state index contributed by atoms with van der Waals surface area (Å²) in [4.78, 5) is 13.1. The molecule has 0 fully saturated rings. The van der Waals surface area contributed by atoms with E-state index >= 15 is 0 Å². The maximum atomic E-state index is 13.4. The summed E-state index contributed by atoms with van der Waals surface area (Å²) in [5.74, 6) is -0.579. The number of benzene rings is 3. The van der Waals surface area contributed by atoms with Crippen molar-refractivity contribution in [2.24, 2.45) is 0 Å². The van der Waals surface area contributed by atoms with Crippen molar-refractivity contribution in [3.05, 3.63) is 88.4 Å². The van der Waals surface area contributed by atoms with E-state index in [1.54, 1.807) is 37.3 Å². The Morgan fingerprint density at radius 1 is 0.912 bits per heavy atom. The van der Waals surface area contributed by atoms with Crippen molar-refractivity contribution >= 4 is 54.7 Å². The van der Waals surface area contributed by atoms with Gasteiger partial charge in [0, 0.05) is 11.3 Å². The van der Waals surface area contributed by atoms with Gasteiger partial charge in [0.25, 0.3) is 10.0 Å². The largest absolute Gasteiger partial charge is 0.348 e. The van der Waals surface area contributed by atoms with Gasteiger partial charge in [-0.15, -0.1) is 0 Å². The summed E-state index contributed by atoms with van der Waals surface area (Å²) < 4.78 is 51.0. The van der Waals surface area contributed by atoms with E-state index in [1.165, 1.54) is 42.5 Å². The van der Waals surface area contributed by atoms with Crippen molar-refractivity contribution in [3.8, 4) is 0 Å². The molecule has 1 atom stereocenters. The van der Waals surface area contributed by atoms with Crippen LogP contribution in [0.1, 0.15) is 18.5 Å². The molecule has 180 valence electrons. The average molecular weight is 541 g/mol. The Morgan fingerprint density at radius 3 is 2.09 bits per heavy atom. The van der Waals surface area contributed by atoms with Crippen LogP contribution in [0.3, 0.4) is 0 Å². The van der Waals surface area contributed by atoms with Crippen molar-refractivity contribution in [1.29, 1.82) is 0 Å². The fraction of sp³-hybridized carbons (Fsp3) is 0.174. The maximum absolute atomic E-state index is 13.4. The quantitative estimate of drug-likeness (QED) is 0.454. The molecule has 0 spiro atoms. The van der Waals surface area contributed by atoms with Crippen molar-refractivity contribution in [2.75, 3.05) is 17.1 Å². The summed E-state index contributed by atoms with van der Waals surface area (Å²) in [5, 5.41) is 3.14. The molecular weight excluding hydrogens is 519 g/mol. The fourth-order valence-electron chi connectivity index (χ4n) is 3.21. The first kappa shape index (κ1) is 26.0. The highest BCUT2D eigenvalue weighted by molar-refractivity contribution is 7.93. The van der Waals surface area contributed by atoms with Gasteiger partial charge in [-0.2, -0.15) is 0 Å². The normalized spacial score (nSPS) is 12.7. The molecule has 0 aliphatic rings. The van der Waals surface area contributed by atoms with E-state index in [-0.39, 0.29) is 20.5 Å². The molecule has 3 aromatic rings. The summed E-state index contributed by atoms with van der Waals surface area (Å²) >= 11 is 12.2. The predicted molar refractivity (Wildman–Crippen MR) is 134 cm³/mol. The highest BCUT2D eigenvalue weighted by Gasteiger charge is 2.29. The zero-order chi connectivity index (χ0) is 25.1. The third-order valence-electron chi connectivity index (χ3n) is 4.98. The smallest absolute Gasteiger partial charge is 0.264 e. The first-order valence-corrected chi connectivity index (χ1v) is 14.1. The van der Waals surface area contributed by atoms with Crippen LogP contribution in [-0.4, -0.2) is 35.5 Å². The number of amides is 1. The molecule has 0 saturated carbocycles. The maximum Gasteiger partial charge on any atom is 0.264 e. The molecule has 0 aliphatic heterocycles. The van der Waals surface area contributed by atoms with Crippen LogP contribution < -0.4 is 9.62 Å². The Labute approximate surface area is 209 Å². The lowest BCUT2D eigenvalue weighted by atomic mass is 10.1. The zero-order valence-electron chi connectivity index (χ0n) is 18.3. The molecule has 3 rings (SSSR count). The van der Waals surface area contributed by atoms with Gasteiger partial charge >= 0.3 is 0 Å². The summed E-state index contributed by atoms with van der Waals surface area (Å²) in [6.07, 6.45) is 1.11. The monoisotopic (exact) mass is 540 g/mol. The number of sulfonamides is 1. The van der Waals surface area contributed by atoms with E-state index in [2.05, 4.69) is 5.32 Å². The molecular formula is C23H22Cl2N2O5S2. The lowest BCUT2D eigenvalue weighted by Gasteiger charge is -2.26. The fourth-order valence-corrected chi connectivity index (χ4v) is 5.86. The number of sulfone groups is 1. The van der Waals surface area contributed by atoms with Crippen molar-refractivity contribution in [3.63, 3.8) is 0 Å². The standard InChI is InChI=1S/C23H22Cl2N2O5S2/c1-16(17-8-11-19(12-9-17)33(2,29)30)26-23(28)15-27(22-13-10-18(24)14-21(22)25)34(31,32)20-6-4-3-5-7-20/h3-14,16H,15H2,1-2H3,(H,26,28)/t16-/m1/s1. The third-order valence-corrected chi connectivity index (χ3v) is 8.42. The molecule has 1 amide bonds. The van der Waals surface area contributed by atoms with E-state index in [1.807, 2.05) is 0 Å². The minimum Gasteiger partial charge on any atom is -0.348 e. The molecule has 0 heterocycles. The predicted octanol–water partition coefficient (Wildman–Crippen LogP) is 4.47. The third kappa shape index (κ3) is 6.09. The van der Waals surface area contributed by atoms with Crippen LogP contribution in [0.15, 0.2) is 82.6 Å². The number of nitrogens with zero attached hydrogens (tertiary/aromatic N) is 1. The van der Waals surface area contributed by atoms with Crippen LogP contribution in [0.2, 0.25) is 10.0 Å². The van der Waals surface area contributed by atoms with Crippen LogP contribution in [-0.2, 0) is 24.7 Å². The summed E-state index contributed by atoms with van der Waals surface area (Å²) in [6, 6.07) is 17.6. The first-order valence-electron chi connectivity index (χ1n) is 10.0. The van der Waals surface area contributed by atoms with E-state index in [0.29, 0.717) is 10.6 Å². The molecule has 7 nitrogen and oxygen atoms in total. The van der Waals surface area contributed by atoms with Gasteiger partial charge in [0.15, 0.2) is 9.84 Å². The Morgan fingerprint density at radius 2 is 1.53 bits per heavy atom. The van der Waals surface area contributed by atoms with Gasteiger partial charge in [-0.05, 0) is 55.0 Å². The summed E-state index contributed by atoms with van der Waals surface area (Å²) in [5.41, 5.74) is 0.762. The van der Waals surface area contributed by atoms with Crippen LogP contribution in [0, 0.1) is 0 Å². The molecule has 0 saturated heterocycles. The Kier molecular flexibility index (Phi) is 7.92. The molecule has 11 heteroatoms. The van der Waals surface area contributed by atoms with Gasteiger partial charge in [-0.25, -0.2) is 16.8 Å². The van der Waals surface area contributed by atoms with Gasteiger partial charge in [0.1, 0.15) is 6.54 Å². The number of anilines is 1. The van der Waals surface area contributed by atoms with E-state index < -0.39 is 38.4 Å². The molecule has 34 heavy (non-hydrogen) atoms. The van der Waals surface area contributed by atoms with Crippen LogP contribution >= 0.6 is 23.2 Å². The Balaban J connectivity index is 1.88. The highest BCUT2D eigenvalue weighted by Crippen LogP contribution is 2.32. The molecule has 0 radical (unpaired) electrons. The van der Waals surface area contributed by atoms with Gasteiger partial charge in [0.05, 0.1) is 26.5 Å². The number of rotatable bonds is 8. The molecule has 3 aromatic carbocycles. The average Bonchev–Trinajstić information content (AvgIpc) is 2.78.